The van der Waals surface area contributed by atoms with Crippen molar-refractivity contribution in [3.05, 3.63) is 109 Å². The Balaban J connectivity index is 3.09. The first-order valence-electron chi connectivity index (χ1n) is 9.49. The molecule has 0 amide bonds. The van der Waals surface area contributed by atoms with E-state index in [2.05, 4.69) is 75.8 Å². The highest BCUT2D eigenvalue weighted by molar-refractivity contribution is 5.55. The minimum absolute atomic E-state index is 0.219. The molecule has 0 saturated carbocycles. The summed E-state index contributed by atoms with van der Waals surface area (Å²) in [5, 5.41) is 0. The number of hydrogen-bond acceptors (Lipinski definition) is 0. The Morgan fingerprint density at radius 2 is 1.77 bits per heavy atom. The Hall–Kier alpha value is -2.34. The summed E-state index contributed by atoms with van der Waals surface area (Å²) < 4.78 is 0. The molecule has 1 unspecified atom stereocenters. The van der Waals surface area contributed by atoms with Crippen molar-refractivity contribution in [1.29, 1.82) is 0 Å². The molecule has 0 N–H and O–H groups in total. The molecule has 1 aliphatic rings. The summed E-state index contributed by atoms with van der Waals surface area (Å²) in [5.41, 5.74) is 4.69. The third kappa shape index (κ3) is 5.33. The highest BCUT2D eigenvalue weighted by Crippen LogP contribution is 2.53. The summed E-state index contributed by atoms with van der Waals surface area (Å²) in [6.45, 7) is 20.6. The van der Waals surface area contributed by atoms with Gasteiger partial charge in [0, 0.05) is 5.41 Å². The summed E-state index contributed by atoms with van der Waals surface area (Å²) in [7, 11) is 0. The second-order valence-electron chi connectivity index (χ2n) is 6.75. The summed E-state index contributed by atoms with van der Waals surface area (Å²) in [5.74, 6) is 0. The average Bonchev–Trinajstić information content (AvgIpc) is 2.96. The topological polar surface area (TPSA) is 0 Å². The van der Waals surface area contributed by atoms with Crippen molar-refractivity contribution >= 4 is 0 Å². The van der Waals surface area contributed by atoms with E-state index >= 15 is 0 Å². The molecule has 0 aliphatic heterocycles. The van der Waals surface area contributed by atoms with Crippen LogP contribution in [0.25, 0.3) is 0 Å². The van der Waals surface area contributed by atoms with E-state index in [-0.39, 0.29) is 5.41 Å². The van der Waals surface area contributed by atoms with Gasteiger partial charge in [-0.25, -0.2) is 0 Å². The van der Waals surface area contributed by atoms with E-state index in [9.17, 15) is 0 Å². The van der Waals surface area contributed by atoms with E-state index in [1.54, 1.807) is 0 Å². The van der Waals surface area contributed by atoms with Gasteiger partial charge in [-0.1, -0.05) is 86.1 Å². The van der Waals surface area contributed by atoms with Crippen molar-refractivity contribution in [3.8, 4) is 0 Å². The van der Waals surface area contributed by atoms with Gasteiger partial charge < -0.3 is 0 Å². The zero-order valence-electron chi connectivity index (χ0n) is 16.6. The second-order valence-corrected chi connectivity index (χ2v) is 6.75. The minimum atomic E-state index is -0.219. The van der Waals surface area contributed by atoms with Crippen LogP contribution in [0.4, 0.5) is 0 Å². The van der Waals surface area contributed by atoms with Crippen LogP contribution in [0, 0.1) is 5.41 Å². The zero-order chi connectivity index (χ0) is 19.4. The molecular weight excluding hydrogens is 312 g/mol. The van der Waals surface area contributed by atoms with E-state index < -0.39 is 0 Å². The molecule has 0 aromatic carbocycles. The lowest BCUT2D eigenvalue weighted by Gasteiger charge is -2.34. The fraction of sp³-hybridized carbons (Fsp3) is 0.308. The molecule has 1 aliphatic carbocycles. The van der Waals surface area contributed by atoms with Gasteiger partial charge >= 0.3 is 0 Å². The van der Waals surface area contributed by atoms with Gasteiger partial charge in [-0.2, -0.15) is 0 Å². The molecule has 26 heavy (non-hydrogen) atoms. The second kappa shape index (κ2) is 11.3. The fourth-order valence-corrected chi connectivity index (χ4v) is 3.54. The van der Waals surface area contributed by atoms with Crippen LogP contribution in [0.15, 0.2) is 109 Å². The van der Waals surface area contributed by atoms with Crippen molar-refractivity contribution in [3.63, 3.8) is 0 Å². The quantitative estimate of drug-likeness (QED) is 0.202. The normalized spacial score (nSPS) is 20.8. The van der Waals surface area contributed by atoms with Gasteiger partial charge in [0.1, 0.15) is 0 Å². The van der Waals surface area contributed by atoms with Crippen LogP contribution in [-0.4, -0.2) is 0 Å². The Morgan fingerprint density at radius 3 is 2.42 bits per heavy atom. The number of unbranched alkanes of at least 4 members (excludes halogenated alkanes) is 2. The summed E-state index contributed by atoms with van der Waals surface area (Å²) in [4.78, 5) is 0. The SMILES string of the molecule is C=C/C=C\C1=C(C)CCC1(C(=C)/C=C\C)C(=C)/C=C\C=C/CCCC=C. The monoisotopic (exact) mass is 346 g/mol. The predicted octanol–water partition coefficient (Wildman–Crippen LogP) is 7.98. The first-order valence-corrected chi connectivity index (χ1v) is 9.49. The predicted molar refractivity (Wildman–Crippen MR) is 119 cm³/mol. The van der Waals surface area contributed by atoms with Crippen LogP contribution < -0.4 is 0 Å². The van der Waals surface area contributed by atoms with Gasteiger partial charge in [-0.15, -0.1) is 6.58 Å². The summed E-state index contributed by atoms with van der Waals surface area (Å²) in [6, 6.07) is 0. The van der Waals surface area contributed by atoms with E-state index in [1.807, 2.05) is 25.2 Å². The number of rotatable bonds is 11. The van der Waals surface area contributed by atoms with Gasteiger partial charge in [0.2, 0.25) is 0 Å². The first kappa shape index (κ1) is 21.7. The van der Waals surface area contributed by atoms with Gasteiger partial charge in [0.05, 0.1) is 0 Å². The van der Waals surface area contributed by atoms with E-state index in [0.717, 1.165) is 43.3 Å². The molecule has 1 rings (SSSR count). The van der Waals surface area contributed by atoms with Gasteiger partial charge in [0.25, 0.3) is 0 Å². The van der Waals surface area contributed by atoms with Crippen LogP contribution in [0.5, 0.6) is 0 Å². The van der Waals surface area contributed by atoms with Gasteiger partial charge in [-0.05, 0) is 62.7 Å². The molecule has 0 heterocycles. The molecule has 0 aromatic rings. The lowest BCUT2D eigenvalue weighted by molar-refractivity contribution is 0.541. The number of hydrogen-bond donors (Lipinski definition) is 0. The Labute approximate surface area is 161 Å². The fourth-order valence-electron chi connectivity index (χ4n) is 3.54. The summed E-state index contributed by atoms with van der Waals surface area (Å²) in [6.07, 6.45) is 26.1. The standard InChI is InChI=1S/C26H34/c1-7-10-12-13-14-15-16-18-24(6)26(23(5)17-9-3)21-20-22(4)25(26)19-11-8-2/h7-9,11,14-19H,1-2,5-6,10,12-13,20-21H2,3-4H3/b15-14-,17-9-,18-16-,19-11-. The Morgan fingerprint density at radius 1 is 1.04 bits per heavy atom. The molecule has 0 nitrogen and oxygen atoms in total. The minimum Gasteiger partial charge on any atom is -0.103 e. The maximum absolute atomic E-state index is 4.43. The van der Waals surface area contributed by atoms with Crippen LogP contribution in [0.1, 0.15) is 46.0 Å². The largest absolute Gasteiger partial charge is 0.103 e. The van der Waals surface area contributed by atoms with Crippen LogP contribution >= 0.6 is 0 Å². The maximum Gasteiger partial charge on any atom is 0.0442 e. The van der Waals surface area contributed by atoms with Gasteiger partial charge in [-0.3, -0.25) is 0 Å². The smallest absolute Gasteiger partial charge is 0.0442 e. The summed E-state index contributed by atoms with van der Waals surface area (Å²) >= 11 is 0. The third-order valence-electron chi connectivity index (χ3n) is 4.98. The Kier molecular flexibility index (Phi) is 9.44. The highest BCUT2D eigenvalue weighted by atomic mass is 14.4. The maximum atomic E-state index is 4.43. The average molecular weight is 347 g/mol. The van der Waals surface area contributed by atoms with Crippen LogP contribution in [0.3, 0.4) is 0 Å². The van der Waals surface area contributed by atoms with Crippen molar-refractivity contribution in [2.75, 3.05) is 0 Å². The van der Waals surface area contributed by atoms with Crippen molar-refractivity contribution in [2.45, 2.75) is 46.0 Å². The third-order valence-corrected chi connectivity index (χ3v) is 4.98. The molecule has 0 bridgehead atoms. The van der Waals surface area contributed by atoms with E-state index in [4.69, 9.17) is 0 Å². The molecule has 0 spiro atoms. The molecule has 1 atom stereocenters. The zero-order valence-corrected chi connectivity index (χ0v) is 16.6. The number of allylic oxidation sites excluding steroid dienone is 14. The van der Waals surface area contributed by atoms with E-state index in [1.165, 1.54) is 11.1 Å². The van der Waals surface area contributed by atoms with Gasteiger partial charge in [0.15, 0.2) is 0 Å². The van der Waals surface area contributed by atoms with Crippen molar-refractivity contribution < 1.29 is 0 Å². The van der Waals surface area contributed by atoms with Crippen LogP contribution in [0.2, 0.25) is 0 Å². The highest BCUT2D eigenvalue weighted by Gasteiger charge is 2.41. The van der Waals surface area contributed by atoms with Crippen molar-refractivity contribution in [2.24, 2.45) is 5.41 Å². The molecule has 0 radical (unpaired) electrons. The molecule has 0 aromatic heterocycles. The molecule has 0 saturated heterocycles. The molecule has 0 fully saturated rings. The van der Waals surface area contributed by atoms with Crippen molar-refractivity contribution in [1.82, 2.24) is 0 Å². The van der Waals surface area contributed by atoms with Crippen LogP contribution in [-0.2, 0) is 0 Å². The van der Waals surface area contributed by atoms with E-state index in [0.29, 0.717) is 0 Å². The first-order chi connectivity index (χ1) is 12.5. The molecule has 0 heteroatoms. The lowest BCUT2D eigenvalue weighted by Crippen LogP contribution is -2.23. The molecule has 138 valence electrons. The lowest BCUT2D eigenvalue weighted by atomic mass is 9.69. The Bertz CT molecular complexity index is 673. The molecular formula is C26H34.